The molecule has 0 aromatic carbocycles. The Morgan fingerprint density at radius 2 is 1.00 bits per heavy atom. The molecule has 1 aliphatic carbocycles. The molecule has 0 heterocycles. The zero-order chi connectivity index (χ0) is 19.5. The lowest BCUT2D eigenvalue weighted by Crippen LogP contribution is -2.04. The Balaban J connectivity index is -0.000000240. The Morgan fingerprint density at radius 3 is 1.13 bits per heavy atom. The summed E-state index contributed by atoms with van der Waals surface area (Å²) in [4.78, 5) is 10.6. The summed E-state index contributed by atoms with van der Waals surface area (Å²) in [5, 5.41) is 0. The summed E-state index contributed by atoms with van der Waals surface area (Å²) in [7, 11) is -18.0. The predicted octanol–water partition coefficient (Wildman–Crippen LogP) is 4.86. The van der Waals surface area contributed by atoms with Crippen LogP contribution in [0.3, 0.4) is 0 Å². The van der Waals surface area contributed by atoms with Crippen molar-refractivity contribution in [1.82, 2.24) is 0 Å². The molecule has 17 heteroatoms. The first-order valence-electron chi connectivity index (χ1n) is 5.63. The smallest absolute Gasteiger partial charge is 0.466 e. The van der Waals surface area contributed by atoms with Crippen LogP contribution in [0.1, 0.15) is 19.8 Å². The van der Waals surface area contributed by atoms with E-state index in [0.717, 1.165) is 12.8 Å². The number of rotatable bonds is 2. The van der Waals surface area contributed by atoms with Crippen molar-refractivity contribution in [3.05, 3.63) is 0 Å². The number of hydrogen-bond acceptors (Lipinski definition) is 2. The number of ether oxygens (including phenoxy) is 1. The molecule has 0 atom stereocenters. The molecule has 0 spiro atoms. The summed E-state index contributed by atoms with van der Waals surface area (Å²) < 4.78 is 122. The molecule has 0 aromatic rings. The minimum absolute atomic E-state index is 0.00694. The standard InChI is InChI=1S/C6H10O2.3BF4/c1-2-8-6(7)5-3-4-5;3*2-1(3,4)5/h5H,2-4H2,1H3;;;/q;3*-1. The first kappa shape index (κ1) is 26.7. The highest BCUT2D eigenvalue weighted by atomic mass is 19.5. The maximum atomic E-state index is 10.6. The summed E-state index contributed by atoms with van der Waals surface area (Å²) in [6.07, 6.45) is 2.08. The fourth-order valence-electron chi connectivity index (χ4n) is 0.579. The van der Waals surface area contributed by atoms with E-state index in [1.165, 1.54) is 0 Å². The van der Waals surface area contributed by atoms with Crippen molar-refractivity contribution in [2.24, 2.45) is 5.92 Å². The van der Waals surface area contributed by atoms with Crippen LogP contribution in [0.25, 0.3) is 0 Å². The van der Waals surface area contributed by atoms with Crippen LogP contribution in [0, 0.1) is 5.92 Å². The van der Waals surface area contributed by atoms with Crippen LogP contribution in [-0.4, -0.2) is 34.3 Å². The second-order valence-electron chi connectivity index (χ2n) is 3.51. The van der Waals surface area contributed by atoms with Gasteiger partial charge in [0.1, 0.15) is 0 Å². The van der Waals surface area contributed by atoms with Gasteiger partial charge in [0, 0.05) is 0 Å². The lowest BCUT2D eigenvalue weighted by molar-refractivity contribution is -0.144. The van der Waals surface area contributed by atoms with Crippen molar-refractivity contribution in [3.8, 4) is 0 Å². The third-order valence-electron chi connectivity index (χ3n) is 1.20. The highest BCUT2D eigenvalue weighted by Crippen LogP contribution is 2.29. The van der Waals surface area contributed by atoms with E-state index < -0.39 is 21.8 Å². The van der Waals surface area contributed by atoms with Crippen LogP contribution < -0.4 is 0 Å². The molecule has 0 N–H and O–H groups in total. The number of carbonyl (C=O) groups excluding carboxylic acids is 1. The minimum atomic E-state index is -6.00. The monoisotopic (exact) mass is 375 g/mol. The van der Waals surface area contributed by atoms with Gasteiger partial charge in [-0.2, -0.15) is 0 Å². The molecule has 0 aliphatic heterocycles. The van der Waals surface area contributed by atoms with Crippen molar-refractivity contribution in [2.75, 3.05) is 6.61 Å². The largest absolute Gasteiger partial charge is 0.673 e. The average Bonchev–Trinajstić information content (AvgIpc) is 2.91. The Bertz CT molecular complexity index is 263. The predicted molar refractivity (Wildman–Crippen MR) is 59.9 cm³/mol. The number of halogens is 12. The van der Waals surface area contributed by atoms with E-state index in [0.29, 0.717) is 6.61 Å². The van der Waals surface area contributed by atoms with Crippen LogP contribution in [0.4, 0.5) is 51.8 Å². The van der Waals surface area contributed by atoms with Crippen molar-refractivity contribution in [2.45, 2.75) is 19.8 Å². The molecule has 23 heavy (non-hydrogen) atoms. The van der Waals surface area contributed by atoms with Gasteiger partial charge in [-0.25, -0.2) is 0 Å². The van der Waals surface area contributed by atoms with Crippen LogP contribution in [0.15, 0.2) is 0 Å². The fourth-order valence-corrected chi connectivity index (χ4v) is 0.579. The minimum Gasteiger partial charge on any atom is -0.466 e. The molecule has 1 saturated carbocycles. The van der Waals surface area contributed by atoms with Gasteiger partial charge in [-0.1, -0.05) is 0 Å². The number of hydrogen-bond donors (Lipinski definition) is 0. The van der Waals surface area contributed by atoms with Crippen LogP contribution in [-0.2, 0) is 9.53 Å². The SMILES string of the molecule is CCOC(=O)C1CC1.F[B-](F)(F)F.F[B-](F)(F)F.F[B-](F)(F)F. The van der Waals surface area contributed by atoms with Crippen molar-refractivity contribution < 1.29 is 61.3 Å². The van der Waals surface area contributed by atoms with Crippen molar-refractivity contribution in [3.63, 3.8) is 0 Å². The van der Waals surface area contributed by atoms with E-state index in [1.54, 1.807) is 0 Å². The Hall–Kier alpha value is -1.18. The first-order chi connectivity index (χ1) is 9.84. The third kappa shape index (κ3) is 94.8. The summed E-state index contributed by atoms with van der Waals surface area (Å²) in [5.74, 6) is 0.252. The van der Waals surface area contributed by atoms with Gasteiger partial charge < -0.3 is 56.5 Å². The Labute approximate surface area is 122 Å². The number of carbonyl (C=O) groups is 1. The van der Waals surface area contributed by atoms with E-state index in [-0.39, 0.29) is 11.9 Å². The molecule has 1 aliphatic rings. The molecule has 0 unspecified atom stereocenters. The number of esters is 1. The van der Waals surface area contributed by atoms with E-state index in [2.05, 4.69) is 0 Å². The molecule has 0 saturated heterocycles. The Morgan fingerprint density at radius 1 is 0.783 bits per heavy atom. The third-order valence-corrected chi connectivity index (χ3v) is 1.20. The zero-order valence-corrected chi connectivity index (χ0v) is 11.3. The molecular formula is C6H10B3F12O2-3. The van der Waals surface area contributed by atoms with Crippen molar-refractivity contribution >= 4 is 27.7 Å². The second kappa shape index (κ2) is 11.4. The van der Waals surface area contributed by atoms with Crippen LogP contribution in [0.2, 0.25) is 0 Å². The van der Waals surface area contributed by atoms with Gasteiger partial charge in [0.2, 0.25) is 0 Å². The van der Waals surface area contributed by atoms with E-state index >= 15 is 0 Å². The molecule has 1 fully saturated rings. The average molecular weight is 375 g/mol. The molecule has 0 bridgehead atoms. The van der Waals surface area contributed by atoms with E-state index in [1.807, 2.05) is 6.92 Å². The lowest BCUT2D eigenvalue weighted by atomic mass is 10.3. The summed E-state index contributed by atoms with van der Waals surface area (Å²) in [6, 6.07) is 0. The zero-order valence-electron chi connectivity index (χ0n) is 11.3. The normalized spacial score (nSPS) is 14.1. The van der Waals surface area contributed by atoms with Crippen LogP contribution >= 0.6 is 0 Å². The highest BCUT2D eigenvalue weighted by Gasteiger charge is 2.30. The van der Waals surface area contributed by atoms with Gasteiger partial charge in [0.25, 0.3) is 0 Å². The van der Waals surface area contributed by atoms with E-state index in [4.69, 9.17) is 4.74 Å². The van der Waals surface area contributed by atoms with Gasteiger partial charge >= 0.3 is 27.7 Å². The summed E-state index contributed by atoms with van der Waals surface area (Å²) >= 11 is 0. The molecule has 0 amide bonds. The maximum absolute atomic E-state index is 10.6. The molecular weight excluding hydrogens is 364 g/mol. The van der Waals surface area contributed by atoms with Gasteiger partial charge in [0.05, 0.1) is 12.5 Å². The molecule has 0 radical (unpaired) electrons. The Kier molecular flexibility index (Phi) is 13.2. The van der Waals surface area contributed by atoms with E-state index in [9.17, 15) is 56.6 Å². The van der Waals surface area contributed by atoms with Gasteiger partial charge in [-0.15, -0.1) is 0 Å². The second-order valence-corrected chi connectivity index (χ2v) is 3.51. The van der Waals surface area contributed by atoms with Gasteiger partial charge in [0.15, 0.2) is 0 Å². The molecule has 0 aromatic heterocycles. The molecule has 2 nitrogen and oxygen atoms in total. The van der Waals surface area contributed by atoms with Crippen molar-refractivity contribution in [1.29, 1.82) is 0 Å². The lowest BCUT2D eigenvalue weighted by Gasteiger charge is -1.95. The topological polar surface area (TPSA) is 26.3 Å². The van der Waals surface area contributed by atoms with Gasteiger partial charge in [-0.3, -0.25) is 4.79 Å². The quantitative estimate of drug-likeness (QED) is 0.392. The fraction of sp³-hybridized carbons (Fsp3) is 0.833. The summed E-state index contributed by atoms with van der Waals surface area (Å²) in [6.45, 7) is 2.36. The molecule has 142 valence electrons. The summed E-state index contributed by atoms with van der Waals surface area (Å²) in [5.41, 5.74) is 0. The van der Waals surface area contributed by atoms with Gasteiger partial charge in [-0.05, 0) is 19.8 Å². The molecule has 1 rings (SSSR count). The first-order valence-corrected chi connectivity index (χ1v) is 5.63. The van der Waals surface area contributed by atoms with Crippen LogP contribution in [0.5, 0.6) is 0 Å². The maximum Gasteiger partial charge on any atom is 0.673 e. The highest BCUT2D eigenvalue weighted by molar-refractivity contribution is 6.50.